The summed E-state index contributed by atoms with van der Waals surface area (Å²) in [7, 11) is 0. The van der Waals surface area contributed by atoms with Crippen molar-refractivity contribution in [2.45, 2.75) is 56.7 Å². The van der Waals surface area contributed by atoms with Gasteiger partial charge in [-0.05, 0) is 25.2 Å². The summed E-state index contributed by atoms with van der Waals surface area (Å²) < 4.78 is 44.7. The highest BCUT2D eigenvalue weighted by atomic mass is 19.3. The molecule has 2 saturated carbocycles. The topological polar surface area (TPSA) is 88.1 Å². The summed E-state index contributed by atoms with van der Waals surface area (Å²) in [5.41, 5.74) is -0.849. The first-order valence-electron chi connectivity index (χ1n) is 7.78. The lowest BCUT2D eigenvalue weighted by atomic mass is 9.65. The normalized spacial score (nSPS) is 34.3. The van der Waals surface area contributed by atoms with E-state index in [1.54, 1.807) is 0 Å². The van der Waals surface area contributed by atoms with E-state index in [0.717, 1.165) is 12.8 Å². The molecule has 4 atom stereocenters. The second-order valence-electron chi connectivity index (χ2n) is 6.82. The molecular weight excluding hydrogens is 330 g/mol. The molecule has 2 saturated heterocycles. The fourth-order valence-corrected chi connectivity index (χ4v) is 3.96. The predicted molar refractivity (Wildman–Crippen MR) is 71.8 cm³/mol. The van der Waals surface area contributed by atoms with E-state index in [1.807, 2.05) is 0 Å². The lowest BCUT2D eigenvalue weighted by Crippen LogP contribution is -2.48. The monoisotopic (exact) mass is 348 g/mol. The van der Waals surface area contributed by atoms with Crippen LogP contribution in [0.3, 0.4) is 0 Å². The summed E-state index contributed by atoms with van der Waals surface area (Å²) >= 11 is 0. The number of hydrogen-bond acceptors (Lipinski definition) is 7. The Bertz CT molecular complexity index is 559. The smallest absolute Gasteiger partial charge is 0.462 e. The lowest BCUT2D eigenvalue weighted by molar-refractivity contribution is -0.181. The maximum Gasteiger partial charge on any atom is 0.511 e. The molecule has 0 aromatic heterocycles. The SMILES string of the molecule is CC(F)(F)C(=O)OCOC(=O)OC12CC3CC(C1)OC(=O)C(C3)C2. The number of carbonyl (C=O) groups is 3. The van der Waals surface area contributed by atoms with Crippen molar-refractivity contribution in [3.63, 3.8) is 0 Å². The molecule has 4 fully saturated rings. The van der Waals surface area contributed by atoms with Gasteiger partial charge in [0.05, 0.1) is 5.92 Å². The van der Waals surface area contributed by atoms with E-state index >= 15 is 0 Å². The summed E-state index contributed by atoms with van der Waals surface area (Å²) in [5.74, 6) is -5.79. The fraction of sp³-hybridized carbons (Fsp3) is 0.800. The molecule has 9 heteroatoms. The number of ether oxygens (including phenoxy) is 4. The van der Waals surface area contributed by atoms with E-state index in [-0.39, 0.29) is 23.9 Å². The Labute approximate surface area is 136 Å². The van der Waals surface area contributed by atoms with Crippen molar-refractivity contribution < 1.29 is 42.1 Å². The minimum absolute atomic E-state index is 0.235. The van der Waals surface area contributed by atoms with Gasteiger partial charge in [0.1, 0.15) is 11.7 Å². The molecular formula is C15H18F2O7. The molecule has 2 aliphatic carbocycles. The second kappa shape index (κ2) is 5.86. The number of fused-ring (bicyclic) bond motifs is 1. The summed E-state index contributed by atoms with van der Waals surface area (Å²) in [4.78, 5) is 34.6. The van der Waals surface area contributed by atoms with Crippen LogP contribution in [-0.4, -0.2) is 42.5 Å². The first kappa shape index (κ1) is 16.9. The van der Waals surface area contributed by atoms with E-state index in [1.165, 1.54) is 0 Å². The van der Waals surface area contributed by atoms with Gasteiger partial charge >= 0.3 is 24.0 Å². The van der Waals surface area contributed by atoms with Crippen LogP contribution in [-0.2, 0) is 28.5 Å². The van der Waals surface area contributed by atoms with E-state index in [9.17, 15) is 23.2 Å². The van der Waals surface area contributed by atoms with Crippen LogP contribution in [0, 0.1) is 11.8 Å². The molecule has 4 aliphatic rings. The Kier molecular flexibility index (Phi) is 4.13. The maximum absolute atomic E-state index is 12.6. The Morgan fingerprint density at radius 2 is 2.00 bits per heavy atom. The molecule has 7 nitrogen and oxygen atoms in total. The van der Waals surface area contributed by atoms with E-state index in [0.29, 0.717) is 26.2 Å². The van der Waals surface area contributed by atoms with Gasteiger partial charge in [-0.2, -0.15) is 8.78 Å². The third-order valence-corrected chi connectivity index (χ3v) is 4.73. The van der Waals surface area contributed by atoms with Gasteiger partial charge in [0, 0.05) is 19.8 Å². The van der Waals surface area contributed by atoms with Gasteiger partial charge in [0.25, 0.3) is 0 Å². The van der Waals surface area contributed by atoms with Gasteiger partial charge in [-0.3, -0.25) is 4.79 Å². The third kappa shape index (κ3) is 3.44. The number of esters is 2. The number of hydrogen-bond donors (Lipinski definition) is 0. The average Bonchev–Trinajstić information content (AvgIpc) is 2.59. The highest BCUT2D eigenvalue weighted by Gasteiger charge is 2.55. The van der Waals surface area contributed by atoms with Crippen LogP contribution >= 0.6 is 0 Å². The molecule has 0 N–H and O–H groups in total. The van der Waals surface area contributed by atoms with Crippen molar-refractivity contribution in [2.24, 2.45) is 11.8 Å². The van der Waals surface area contributed by atoms with E-state index in [2.05, 4.69) is 9.47 Å². The Hall–Kier alpha value is -1.93. The van der Waals surface area contributed by atoms with Crippen LogP contribution in [0.25, 0.3) is 0 Å². The lowest BCUT2D eigenvalue weighted by Gasteiger charge is -2.44. The number of carbonyl (C=O) groups excluding carboxylic acids is 3. The Morgan fingerprint density at radius 1 is 1.25 bits per heavy atom. The van der Waals surface area contributed by atoms with Crippen molar-refractivity contribution >= 4 is 18.1 Å². The summed E-state index contributed by atoms with van der Waals surface area (Å²) in [6.07, 6.45) is 1.45. The molecule has 0 amide bonds. The van der Waals surface area contributed by atoms with E-state index < -0.39 is 30.4 Å². The van der Waals surface area contributed by atoms with Gasteiger partial charge in [-0.25, -0.2) is 9.59 Å². The van der Waals surface area contributed by atoms with Crippen LogP contribution in [0.2, 0.25) is 0 Å². The Balaban J connectivity index is 1.55. The first-order valence-corrected chi connectivity index (χ1v) is 7.78. The van der Waals surface area contributed by atoms with Crippen molar-refractivity contribution in [1.82, 2.24) is 0 Å². The van der Waals surface area contributed by atoms with Crippen LogP contribution in [0.1, 0.15) is 39.0 Å². The number of halogens is 2. The van der Waals surface area contributed by atoms with Crippen molar-refractivity contribution in [3.05, 3.63) is 0 Å². The molecule has 2 aliphatic heterocycles. The number of rotatable bonds is 4. The minimum Gasteiger partial charge on any atom is -0.462 e. The van der Waals surface area contributed by atoms with Gasteiger partial charge in [0.2, 0.25) is 6.79 Å². The maximum atomic E-state index is 12.6. The minimum atomic E-state index is -3.66. The first-order chi connectivity index (χ1) is 11.2. The average molecular weight is 348 g/mol. The zero-order chi connectivity index (χ0) is 17.5. The molecule has 134 valence electrons. The summed E-state index contributed by atoms with van der Waals surface area (Å²) in [6.45, 7) is -0.577. The van der Waals surface area contributed by atoms with Crippen LogP contribution in [0.5, 0.6) is 0 Å². The summed E-state index contributed by atoms with van der Waals surface area (Å²) in [5, 5.41) is 0. The van der Waals surface area contributed by atoms with Crippen LogP contribution in [0.4, 0.5) is 13.6 Å². The molecule has 4 unspecified atom stereocenters. The quantitative estimate of drug-likeness (QED) is 0.437. The molecule has 4 bridgehead atoms. The zero-order valence-corrected chi connectivity index (χ0v) is 13.1. The van der Waals surface area contributed by atoms with E-state index in [4.69, 9.17) is 9.47 Å². The molecule has 4 rings (SSSR count). The Morgan fingerprint density at radius 3 is 2.71 bits per heavy atom. The highest BCUT2D eigenvalue weighted by Crippen LogP contribution is 2.51. The zero-order valence-electron chi connectivity index (χ0n) is 13.1. The van der Waals surface area contributed by atoms with Crippen LogP contribution < -0.4 is 0 Å². The van der Waals surface area contributed by atoms with Gasteiger partial charge in [-0.15, -0.1) is 0 Å². The number of alkyl halides is 2. The molecule has 0 spiro atoms. The molecule has 2 heterocycles. The molecule has 24 heavy (non-hydrogen) atoms. The summed E-state index contributed by atoms with van der Waals surface area (Å²) in [6, 6.07) is 0. The van der Waals surface area contributed by atoms with Crippen molar-refractivity contribution in [2.75, 3.05) is 6.79 Å². The van der Waals surface area contributed by atoms with Gasteiger partial charge < -0.3 is 18.9 Å². The largest absolute Gasteiger partial charge is 0.511 e. The highest BCUT2D eigenvalue weighted by molar-refractivity contribution is 5.77. The van der Waals surface area contributed by atoms with Crippen molar-refractivity contribution in [3.8, 4) is 0 Å². The standard InChI is InChI=1S/C15H18F2O7/c1-14(16,17)12(19)21-7-22-13(20)24-15-4-8-2-9(5-15)11(18)23-10(3-8)6-15/h8-10H,2-7H2,1H3. The molecule has 0 aromatic rings. The molecule has 0 aromatic carbocycles. The van der Waals surface area contributed by atoms with Crippen LogP contribution in [0.15, 0.2) is 0 Å². The van der Waals surface area contributed by atoms with Crippen molar-refractivity contribution in [1.29, 1.82) is 0 Å². The second-order valence-corrected chi connectivity index (χ2v) is 6.82. The van der Waals surface area contributed by atoms with Gasteiger partial charge in [-0.1, -0.05) is 0 Å². The third-order valence-electron chi connectivity index (χ3n) is 4.73. The fourth-order valence-electron chi connectivity index (χ4n) is 3.96. The molecule has 0 radical (unpaired) electrons. The van der Waals surface area contributed by atoms with Gasteiger partial charge in [0.15, 0.2) is 0 Å². The predicted octanol–water partition coefficient (Wildman–Crippen LogP) is 2.17.